The summed E-state index contributed by atoms with van der Waals surface area (Å²) in [6, 6.07) is 19.8. The van der Waals surface area contributed by atoms with Gasteiger partial charge in [-0.25, -0.2) is 9.67 Å². The summed E-state index contributed by atoms with van der Waals surface area (Å²) >= 11 is 0. The fourth-order valence-electron chi connectivity index (χ4n) is 3.69. The summed E-state index contributed by atoms with van der Waals surface area (Å²) in [5.74, 6) is -2.44. The molecule has 170 valence electrons. The van der Waals surface area contributed by atoms with Crippen molar-refractivity contribution in [2.24, 2.45) is 5.92 Å². The van der Waals surface area contributed by atoms with E-state index in [2.05, 4.69) is 10.4 Å². The molecule has 2 heterocycles. The molecular weight excluding hydrogens is 430 g/mol. The van der Waals surface area contributed by atoms with E-state index >= 15 is 0 Å². The van der Waals surface area contributed by atoms with Gasteiger partial charge in [0, 0.05) is 23.1 Å². The molecule has 0 aliphatic heterocycles. The van der Waals surface area contributed by atoms with Crippen LogP contribution in [-0.4, -0.2) is 33.1 Å². The molecule has 0 saturated heterocycles. The quantitative estimate of drug-likeness (QED) is 0.311. The topological polar surface area (TPSA) is 110 Å². The van der Waals surface area contributed by atoms with Crippen LogP contribution in [-0.2, 0) is 11.3 Å². The van der Waals surface area contributed by atoms with Crippen LogP contribution in [0.1, 0.15) is 24.2 Å². The zero-order valence-electron chi connectivity index (χ0n) is 18.9. The first-order valence-corrected chi connectivity index (χ1v) is 11.0. The number of nitrogens with zero attached hydrogens (tertiary/aromatic N) is 4. The second-order valence-electron chi connectivity index (χ2n) is 7.46. The first-order chi connectivity index (χ1) is 16.6. The molecule has 0 fully saturated rings. The molecule has 1 amide bonds. The smallest absolute Gasteiger partial charge is 0.249 e. The number of aromatic nitrogens is 3. The Kier molecular flexibility index (Phi) is 6.64. The van der Waals surface area contributed by atoms with Gasteiger partial charge >= 0.3 is 0 Å². The number of nitrogens with one attached hydrogen (secondary N) is 1. The number of Topliss-reactive ketones (excluding diaryl/α,β-unsaturated/α-hetero) is 1. The normalized spacial score (nSPS) is 11.6. The average molecular weight is 454 g/mol. The Balaban J connectivity index is 1.74. The number of hydrogen-bond donors (Lipinski definition) is 1. The molecular formula is C26H23N5O3. The molecule has 8 heteroatoms. The predicted molar refractivity (Wildman–Crippen MR) is 128 cm³/mol. The fourth-order valence-corrected chi connectivity index (χ4v) is 3.69. The fraction of sp³-hybridized carbons (Fsp3) is 0.192. The lowest BCUT2D eigenvalue weighted by atomic mass is 9.95. The molecule has 0 spiro atoms. The zero-order chi connectivity index (χ0) is 24.1. The number of ether oxygens (including phenoxy) is 1. The van der Waals surface area contributed by atoms with E-state index in [1.165, 1.54) is 0 Å². The summed E-state index contributed by atoms with van der Waals surface area (Å²) in [5.41, 5.74) is 2.51. The summed E-state index contributed by atoms with van der Waals surface area (Å²) in [7, 11) is 0. The third-order valence-electron chi connectivity index (χ3n) is 5.34. The van der Waals surface area contributed by atoms with Crippen molar-refractivity contribution in [2.75, 3.05) is 11.9 Å². The predicted octanol–water partition coefficient (Wildman–Crippen LogP) is 4.48. The van der Waals surface area contributed by atoms with E-state index < -0.39 is 17.6 Å². The van der Waals surface area contributed by atoms with Gasteiger partial charge in [0.1, 0.15) is 5.75 Å². The summed E-state index contributed by atoms with van der Waals surface area (Å²) in [6.45, 7) is 4.72. The number of pyridine rings is 1. The average Bonchev–Trinajstić information content (AvgIpc) is 3.29. The maximum Gasteiger partial charge on any atom is 0.249 e. The van der Waals surface area contributed by atoms with Crippen molar-refractivity contribution in [3.05, 3.63) is 72.4 Å². The third kappa shape index (κ3) is 4.36. The lowest BCUT2D eigenvalue weighted by Gasteiger charge is -2.14. The minimum atomic E-state index is -1.56. The number of nitriles is 1. The summed E-state index contributed by atoms with van der Waals surface area (Å²) < 4.78 is 7.21. The molecule has 4 aromatic rings. The maximum absolute atomic E-state index is 13.5. The Labute approximate surface area is 196 Å². The van der Waals surface area contributed by atoms with Crippen LogP contribution in [0.4, 0.5) is 5.69 Å². The molecule has 34 heavy (non-hydrogen) atoms. The molecule has 2 aromatic carbocycles. The van der Waals surface area contributed by atoms with Crippen LogP contribution in [0.2, 0.25) is 0 Å². The van der Waals surface area contributed by atoms with Crippen molar-refractivity contribution in [1.82, 2.24) is 14.8 Å². The van der Waals surface area contributed by atoms with Crippen molar-refractivity contribution >= 4 is 28.4 Å². The van der Waals surface area contributed by atoms with Gasteiger partial charge in [-0.1, -0.05) is 42.5 Å². The molecule has 0 aliphatic carbocycles. The molecule has 0 bridgehead atoms. The monoisotopic (exact) mass is 453 g/mol. The first kappa shape index (κ1) is 22.7. The highest BCUT2D eigenvalue weighted by Crippen LogP contribution is 2.28. The molecule has 8 nitrogen and oxygen atoms in total. The number of carbonyl (C=O) groups is 2. The number of aryl methyl sites for hydroxylation is 1. The van der Waals surface area contributed by atoms with Crippen LogP contribution in [0.15, 0.2) is 66.9 Å². The zero-order valence-corrected chi connectivity index (χ0v) is 18.9. The number of ketones is 1. The molecule has 1 atom stereocenters. The number of rotatable bonds is 8. The van der Waals surface area contributed by atoms with E-state index in [0.717, 1.165) is 5.56 Å². The van der Waals surface area contributed by atoms with Crippen molar-refractivity contribution in [1.29, 1.82) is 5.26 Å². The van der Waals surface area contributed by atoms with E-state index in [9.17, 15) is 14.9 Å². The number of para-hydroxylation sites is 2. The molecule has 1 unspecified atom stereocenters. The van der Waals surface area contributed by atoms with Crippen LogP contribution in [0, 0.1) is 17.2 Å². The lowest BCUT2D eigenvalue weighted by molar-refractivity contribution is -0.117. The Morgan fingerprint density at radius 1 is 1.12 bits per heavy atom. The standard InChI is InChI=1S/C26H23N5O3/c1-3-31-25-20(16-28-31)18(14-22(29-25)17-10-6-5-7-11-17)24(32)19(15-27)26(33)30-21-12-8-9-13-23(21)34-4-2/h5-14,16,19H,3-4H2,1-2H3,(H,30,33). The minimum absolute atomic E-state index is 0.225. The molecule has 4 rings (SSSR count). The molecule has 0 aliphatic rings. The van der Waals surface area contributed by atoms with Gasteiger partial charge in [0.2, 0.25) is 5.91 Å². The van der Waals surface area contributed by atoms with Gasteiger partial charge < -0.3 is 10.1 Å². The second-order valence-corrected chi connectivity index (χ2v) is 7.46. The third-order valence-corrected chi connectivity index (χ3v) is 5.34. The highest BCUT2D eigenvalue weighted by atomic mass is 16.5. The van der Waals surface area contributed by atoms with E-state index in [1.807, 2.05) is 50.2 Å². The van der Waals surface area contributed by atoms with Crippen molar-refractivity contribution < 1.29 is 14.3 Å². The van der Waals surface area contributed by atoms with Crippen LogP contribution in [0.3, 0.4) is 0 Å². The van der Waals surface area contributed by atoms with Crippen LogP contribution in [0.25, 0.3) is 22.3 Å². The van der Waals surface area contributed by atoms with Crippen LogP contribution < -0.4 is 10.1 Å². The Morgan fingerprint density at radius 3 is 2.56 bits per heavy atom. The second kappa shape index (κ2) is 9.96. The molecule has 0 saturated carbocycles. The highest BCUT2D eigenvalue weighted by Gasteiger charge is 2.31. The van der Waals surface area contributed by atoms with Crippen LogP contribution in [0.5, 0.6) is 5.75 Å². The minimum Gasteiger partial charge on any atom is -0.492 e. The first-order valence-electron chi connectivity index (χ1n) is 11.0. The van der Waals surface area contributed by atoms with Crippen molar-refractivity contribution in [3.63, 3.8) is 0 Å². The number of fused-ring (bicyclic) bond motifs is 1. The Morgan fingerprint density at radius 2 is 1.85 bits per heavy atom. The van der Waals surface area contributed by atoms with Gasteiger partial charge in [-0.05, 0) is 32.0 Å². The number of benzene rings is 2. The summed E-state index contributed by atoms with van der Waals surface area (Å²) in [4.78, 5) is 31.3. The summed E-state index contributed by atoms with van der Waals surface area (Å²) in [5, 5.41) is 17.3. The van der Waals surface area contributed by atoms with Gasteiger partial charge in [-0.3, -0.25) is 9.59 Å². The van der Waals surface area contributed by atoms with Crippen molar-refractivity contribution in [3.8, 4) is 23.1 Å². The van der Waals surface area contributed by atoms with Gasteiger partial charge in [-0.2, -0.15) is 10.4 Å². The number of hydrogen-bond acceptors (Lipinski definition) is 6. The van der Waals surface area contributed by atoms with E-state index in [-0.39, 0.29) is 5.56 Å². The Hall–Kier alpha value is -4.51. The van der Waals surface area contributed by atoms with E-state index in [1.54, 1.807) is 41.2 Å². The van der Waals surface area contributed by atoms with Crippen molar-refractivity contribution in [2.45, 2.75) is 20.4 Å². The van der Waals surface area contributed by atoms with E-state index in [4.69, 9.17) is 9.72 Å². The van der Waals surface area contributed by atoms with Gasteiger partial charge in [-0.15, -0.1) is 0 Å². The van der Waals surface area contributed by atoms with Gasteiger partial charge in [0.25, 0.3) is 0 Å². The summed E-state index contributed by atoms with van der Waals surface area (Å²) in [6.07, 6.45) is 1.55. The largest absolute Gasteiger partial charge is 0.492 e. The van der Waals surface area contributed by atoms with Gasteiger partial charge in [0.05, 0.1) is 30.3 Å². The Bertz CT molecular complexity index is 1390. The molecule has 0 radical (unpaired) electrons. The molecule has 2 aromatic heterocycles. The lowest BCUT2D eigenvalue weighted by Crippen LogP contribution is -2.29. The highest BCUT2D eigenvalue weighted by molar-refractivity contribution is 6.19. The number of amides is 1. The number of carbonyl (C=O) groups excluding carboxylic acids is 2. The molecule has 1 N–H and O–H groups in total. The van der Waals surface area contributed by atoms with Gasteiger partial charge in [0.15, 0.2) is 17.3 Å². The van der Waals surface area contributed by atoms with Crippen LogP contribution >= 0.6 is 0 Å². The van der Waals surface area contributed by atoms with E-state index in [0.29, 0.717) is 41.3 Å². The maximum atomic E-state index is 13.5. The SMILES string of the molecule is CCOc1ccccc1NC(=O)C(C#N)C(=O)c1cc(-c2ccccc2)nc2c1cnn2CC. The number of anilines is 1.